The second-order valence-electron chi connectivity index (χ2n) is 7.26. The van der Waals surface area contributed by atoms with E-state index in [1.165, 1.54) is 0 Å². The van der Waals surface area contributed by atoms with Crippen molar-refractivity contribution in [3.63, 3.8) is 0 Å². The number of benzene rings is 2. The molecule has 0 bridgehead atoms. The summed E-state index contributed by atoms with van der Waals surface area (Å²) in [5, 5.41) is 3.67. The van der Waals surface area contributed by atoms with Crippen molar-refractivity contribution in [2.24, 2.45) is 0 Å². The van der Waals surface area contributed by atoms with Gasteiger partial charge in [0.1, 0.15) is 16.9 Å². The molecular formula is C23H23NO5. The number of ether oxygens (including phenoxy) is 2. The number of rotatable bonds is 5. The van der Waals surface area contributed by atoms with Crippen molar-refractivity contribution < 1.29 is 18.7 Å². The molecule has 29 heavy (non-hydrogen) atoms. The van der Waals surface area contributed by atoms with Gasteiger partial charge in [-0.15, -0.1) is 0 Å². The average molecular weight is 393 g/mol. The molecule has 1 aliphatic heterocycles. The number of carbonyl (C=O) groups is 1. The topological polar surface area (TPSA) is 77.8 Å². The Hall–Kier alpha value is -3.12. The Labute approximate surface area is 168 Å². The fourth-order valence-corrected chi connectivity index (χ4v) is 3.95. The molecule has 2 aromatic carbocycles. The van der Waals surface area contributed by atoms with Gasteiger partial charge < -0.3 is 19.2 Å². The third-order valence-electron chi connectivity index (χ3n) is 5.60. The first-order valence-electron chi connectivity index (χ1n) is 9.65. The summed E-state index contributed by atoms with van der Waals surface area (Å²) < 4.78 is 16.4. The molecule has 0 spiro atoms. The first-order chi connectivity index (χ1) is 14.1. The Bertz CT molecular complexity index is 1080. The molecule has 0 saturated carbocycles. The van der Waals surface area contributed by atoms with Crippen molar-refractivity contribution in [2.75, 3.05) is 26.9 Å². The van der Waals surface area contributed by atoms with Gasteiger partial charge in [0.05, 0.1) is 7.11 Å². The van der Waals surface area contributed by atoms with Crippen LogP contribution in [0.2, 0.25) is 0 Å². The van der Waals surface area contributed by atoms with E-state index >= 15 is 0 Å². The summed E-state index contributed by atoms with van der Waals surface area (Å²) >= 11 is 0. The highest BCUT2D eigenvalue weighted by atomic mass is 16.5. The molecular weight excluding hydrogens is 370 g/mol. The van der Waals surface area contributed by atoms with Gasteiger partial charge in [0, 0.05) is 36.1 Å². The van der Waals surface area contributed by atoms with Crippen molar-refractivity contribution in [3.8, 4) is 5.75 Å². The van der Waals surface area contributed by atoms with Gasteiger partial charge in [-0.3, -0.25) is 4.79 Å². The Morgan fingerprint density at radius 2 is 1.83 bits per heavy atom. The predicted molar refractivity (Wildman–Crippen MR) is 110 cm³/mol. The molecule has 1 fully saturated rings. The molecule has 0 aliphatic carbocycles. The number of fused-ring (bicyclic) bond motifs is 1. The van der Waals surface area contributed by atoms with E-state index < -0.39 is 11.5 Å². The fourth-order valence-electron chi connectivity index (χ4n) is 3.95. The van der Waals surface area contributed by atoms with Gasteiger partial charge in [0.15, 0.2) is 0 Å². The summed E-state index contributed by atoms with van der Waals surface area (Å²) in [6.07, 6.45) is 1.50. The molecule has 1 aliphatic rings. The molecule has 4 rings (SSSR count). The van der Waals surface area contributed by atoms with Gasteiger partial charge in [-0.1, -0.05) is 36.4 Å². The maximum absolute atomic E-state index is 12.8. The van der Waals surface area contributed by atoms with Crippen LogP contribution in [0, 0.1) is 0 Å². The third kappa shape index (κ3) is 3.76. The van der Waals surface area contributed by atoms with Crippen LogP contribution in [0.5, 0.6) is 5.75 Å². The standard InChI is InChI=1S/C23H23NO5/c1-27-20-9-5-3-7-18(20)23(10-12-28-13-11-23)15-24-21(25)17-14-16-6-2-4-8-19(16)29-22(17)26/h2-9,14H,10-13,15H2,1H3,(H,24,25). The Morgan fingerprint density at radius 1 is 1.10 bits per heavy atom. The molecule has 1 amide bonds. The van der Waals surface area contributed by atoms with Crippen LogP contribution >= 0.6 is 0 Å². The molecule has 6 heteroatoms. The molecule has 1 saturated heterocycles. The van der Waals surface area contributed by atoms with E-state index in [2.05, 4.69) is 5.32 Å². The van der Waals surface area contributed by atoms with E-state index in [4.69, 9.17) is 13.9 Å². The predicted octanol–water partition coefficient (Wildman–Crippen LogP) is 3.28. The zero-order valence-corrected chi connectivity index (χ0v) is 16.3. The number of nitrogens with one attached hydrogen (secondary N) is 1. The highest BCUT2D eigenvalue weighted by molar-refractivity contribution is 5.96. The summed E-state index contributed by atoms with van der Waals surface area (Å²) in [5.41, 5.74) is 0.545. The fraction of sp³-hybridized carbons (Fsp3) is 0.304. The zero-order chi connectivity index (χ0) is 20.3. The van der Waals surface area contributed by atoms with Gasteiger partial charge >= 0.3 is 5.63 Å². The van der Waals surface area contributed by atoms with Gasteiger partial charge in [0.2, 0.25) is 0 Å². The van der Waals surface area contributed by atoms with E-state index in [0.717, 1.165) is 24.2 Å². The summed E-state index contributed by atoms with van der Waals surface area (Å²) in [6, 6.07) is 16.6. The second kappa shape index (κ2) is 8.09. The lowest BCUT2D eigenvalue weighted by atomic mass is 9.73. The van der Waals surface area contributed by atoms with Gasteiger partial charge in [-0.05, 0) is 31.0 Å². The second-order valence-corrected chi connectivity index (χ2v) is 7.26. The highest BCUT2D eigenvalue weighted by Crippen LogP contribution is 2.39. The van der Waals surface area contributed by atoms with Crippen LogP contribution in [-0.4, -0.2) is 32.8 Å². The SMILES string of the molecule is COc1ccccc1C1(CNC(=O)c2cc3ccccc3oc2=O)CCOCC1. The van der Waals surface area contributed by atoms with Crippen molar-refractivity contribution in [3.05, 3.63) is 76.1 Å². The van der Waals surface area contributed by atoms with E-state index in [-0.39, 0.29) is 11.0 Å². The van der Waals surface area contributed by atoms with Crippen LogP contribution in [0.1, 0.15) is 28.8 Å². The van der Waals surface area contributed by atoms with Crippen LogP contribution in [0.25, 0.3) is 11.0 Å². The monoisotopic (exact) mass is 393 g/mol. The largest absolute Gasteiger partial charge is 0.496 e. The Morgan fingerprint density at radius 3 is 2.62 bits per heavy atom. The Kier molecular flexibility index (Phi) is 5.36. The minimum absolute atomic E-state index is 0.00550. The van der Waals surface area contributed by atoms with Crippen LogP contribution in [0.4, 0.5) is 0 Å². The molecule has 0 unspecified atom stereocenters. The van der Waals surface area contributed by atoms with Gasteiger partial charge in [-0.2, -0.15) is 0 Å². The number of hydrogen-bond donors (Lipinski definition) is 1. The molecule has 150 valence electrons. The Balaban J connectivity index is 1.62. The van der Waals surface area contributed by atoms with Crippen LogP contribution < -0.4 is 15.7 Å². The molecule has 1 aromatic heterocycles. The summed E-state index contributed by atoms with van der Waals surface area (Å²) in [7, 11) is 1.64. The van der Waals surface area contributed by atoms with E-state index in [1.54, 1.807) is 25.3 Å². The quantitative estimate of drug-likeness (QED) is 0.673. The lowest BCUT2D eigenvalue weighted by molar-refractivity contribution is 0.0478. The van der Waals surface area contributed by atoms with Crippen molar-refractivity contribution >= 4 is 16.9 Å². The van der Waals surface area contributed by atoms with Gasteiger partial charge in [0.25, 0.3) is 5.91 Å². The molecule has 1 N–H and O–H groups in total. The lowest BCUT2D eigenvalue weighted by Crippen LogP contribution is -2.45. The normalized spacial score (nSPS) is 15.8. The van der Waals surface area contributed by atoms with Crippen LogP contribution in [-0.2, 0) is 10.2 Å². The lowest BCUT2D eigenvalue weighted by Gasteiger charge is -2.38. The van der Waals surface area contributed by atoms with Crippen LogP contribution in [0.15, 0.2) is 63.8 Å². The highest BCUT2D eigenvalue weighted by Gasteiger charge is 2.37. The number of carbonyl (C=O) groups excluding carboxylic acids is 1. The maximum Gasteiger partial charge on any atom is 0.349 e. The number of amides is 1. The third-order valence-corrected chi connectivity index (χ3v) is 5.60. The zero-order valence-electron chi connectivity index (χ0n) is 16.3. The number of methoxy groups -OCH3 is 1. The minimum atomic E-state index is -0.639. The molecule has 0 radical (unpaired) electrons. The first-order valence-corrected chi connectivity index (χ1v) is 9.65. The smallest absolute Gasteiger partial charge is 0.349 e. The summed E-state index contributed by atoms with van der Waals surface area (Å²) in [4.78, 5) is 25.2. The first kappa shape index (κ1) is 19.2. The summed E-state index contributed by atoms with van der Waals surface area (Å²) in [5.74, 6) is 0.346. The molecule has 2 heterocycles. The molecule has 0 atom stereocenters. The van der Waals surface area contributed by atoms with Crippen molar-refractivity contribution in [1.82, 2.24) is 5.32 Å². The van der Waals surface area contributed by atoms with Crippen molar-refractivity contribution in [2.45, 2.75) is 18.3 Å². The maximum atomic E-state index is 12.8. The number of hydrogen-bond acceptors (Lipinski definition) is 5. The molecule has 3 aromatic rings. The van der Waals surface area contributed by atoms with E-state index in [0.29, 0.717) is 30.7 Å². The van der Waals surface area contributed by atoms with E-state index in [1.807, 2.05) is 36.4 Å². The van der Waals surface area contributed by atoms with Crippen molar-refractivity contribution in [1.29, 1.82) is 0 Å². The number of para-hydroxylation sites is 2. The summed E-state index contributed by atoms with van der Waals surface area (Å²) in [6.45, 7) is 1.58. The minimum Gasteiger partial charge on any atom is -0.496 e. The van der Waals surface area contributed by atoms with E-state index in [9.17, 15) is 9.59 Å². The molecule has 6 nitrogen and oxygen atoms in total. The van der Waals surface area contributed by atoms with Gasteiger partial charge in [-0.25, -0.2) is 4.79 Å². The van der Waals surface area contributed by atoms with Crippen LogP contribution in [0.3, 0.4) is 0 Å². The average Bonchev–Trinajstić information content (AvgIpc) is 2.77.